The van der Waals surface area contributed by atoms with Crippen LogP contribution in [0.4, 0.5) is 0 Å². The summed E-state index contributed by atoms with van der Waals surface area (Å²) < 4.78 is 10.8. The van der Waals surface area contributed by atoms with Gasteiger partial charge in [0, 0.05) is 20.1 Å². The summed E-state index contributed by atoms with van der Waals surface area (Å²) in [5.74, 6) is -0.615. The van der Waals surface area contributed by atoms with E-state index in [1.54, 1.807) is 12.0 Å². The van der Waals surface area contributed by atoms with E-state index in [1.807, 2.05) is 54.6 Å². The second-order valence-corrected chi connectivity index (χ2v) is 7.01. The zero-order chi connectivity index (χ0) is 20.0. The lowest BCUT2D eigenvalue weighted by molar-refractivity contribution is -0.163. The average Bonchev–Trinajstić information content (AvgIpc) is 2.73. The number of methoxy groups -OCH3 is 1. The fourth-order valence-corrected chi connectivity index (χ4v) is 3.51. The molecule has 1 saturated heterocycles. The molecule has 1 aliphatic heterocycles. The smallest absolute Gasteiger partial charge is 0.251 e. The van der Waals surface area contributed by atoms with Gasteiger partial charge in [0.1, 0.15) is 0 Å². The highest BCUT2D eigenvalue weighted by molar-refractivity contribution is 5.86. The fraction of sp³-hybridized carbons (Fsp3) is 0.364. The largest absolute Gasteiger partial charge is 0.384 e. The molecular formula is C22H26N2O4. The monoisotopic (exact) mass is 382 g/mol. The lowest BCUT2D eigenvalue weighted by Crippen LogP contribution is -2.61. The minimum atomic E-state index is -1.23. The normalized spacial score (nSPS) is 19.4. The standard InChI is InChI=1S/C22H26N2O4/c1-27-12-10-20(25)24-11-13-28-22(16-24,21(23)26)15-17-6-5-9-19(14-17)18-7-3-2-4-8-18/h2-9,14H,10-13,15-16H2,1H3,(H2,23,26)/t22-/m0/s1. The first-order valence-electron chi connectivity index (χ1n) is 9.39. The van der Waals surface area contributed by atoms with Crippen molar-refractivity contribution < 1.29 is 19.1 Å². The van der Waals surface area contributed by atoms with Gasteiger partial charge in [0.2, 0.25) is 5.91 Å². The Morgan fingerprint density at radius 1 is 1.14 bits per heavy atom. The quantitative estimate of drug-likeness (QED) is 0.794. The molecule has 148 valence electrons. The Kier molecular flexibility index (Phi) is 6.44. The molecule has 0 unspecified atom stereocenters. The Balaban J connectivity index is 1.81. The van der Waals surface area contributed by atoms with E-state index in [0.29, 0.717) is 19.6 Å². The van der Waals surface area contributed by atoms with Crippen molar-refractivity contribution in [2.75, 3.05) is 33.4 Å². The third kappa shape index (κ3) is 4.58. The summed E-state index contributed by atoms with van der Waals surface area (Å²) >= 11 is 0. The number of carbonyl (C=O) groups excluding carboxylic acids is 2. The maximum absolute atomic E-state index is 12.4. The van der Waals surface area contributed by atoms with Crippen LogP contribution in [0.15, 0.2) is 54.6 Å². The van der Waals surface area contributed by atoms with Crippen LogP contribution >= 0.6 is 0 Å². The molecule has 1 atom stereocenters. The summed E-state index contributed by atoms with van der Waals surface area (Å²) in [5, 5.41) is 0. The molecule has 0 bridgehead atoms. The highest BCUT2D eigenvalue weighted by Gasteiger charge is 2.43. The number of ether oxygens (including phenoxy) is 2. The lowest BCUT2D eigenvalue weighted by Gasteiger charge is -2.40. The second kappa shape index (κ2) is 8.99. The number of rotatable bonds is 7. The number of carbonyl (C=O) groups is 2. The number of hydrogen-bond donors (Lipinski definition) is 1. The summed E-state index contributed by atoms with van der Waals surface area (Å²) in [6.45, 7) is 1.22. The predicted octanol–water partition coefficient (Wildman–Crippen LogP) is 2.02. The summed E-state index contributed by atoms with van der Waals surface area (Å²) in [4.78, 5) is 26.4. The molecule has 0 saturated carbocycles. The zero-order valence-electron chi connectivity index (χ0n) is 16.1. The molecule has 6 heteroatoms. The summed E-state index contributed by atoms with van der Waals surface area (Å²) in [7, 11) is 1.56. The molecule has 6 nitrogen and oxygen atoms in total. The predicted molar refractivity (Wildman–Crippen MR) is 107 cm³/mol. The Bertz CT molecular complexity index is 824. The molecule has 0 aliphatic carbocycles. The van der Waals surface area contributed by atoms with E-state index < -0.39 is 11.5 Å². The average molecular weight is 382 g/mol. The molecular weight excluding hydrogens is 356 g/mol. The maximum atomic E-state index is 12.4. The summed E-state index contributed by atoms with van der Waals surface area (Å²) in [5.41, 5.74) is 7.60. The number of benzene rings is 2. The van der Waals surface area contributed by atoms with Gasteiger partial charge in [0.05, 0.1) is 26.2 Å². The zero-order valence-corrected chi connectivity index (χ0v) is 16.1. The molecule has 2 amide bonds. The van der Waals surface area contributed by atoms with Gasteiger partial charge in [-0.3, -0.25) is 9.59 Å². The van der Waals surface area contributed by atoms with Gasteiger partial charge in [-0.1, -0.05) is 54.6 Å². The van der Waals surface area contributed by atoms with E-state index in [2.05, 4.69) is 0 Å². The first kappa shape index (κ1) is 20.0. The van der Waals surface area contributed by atoms with Gasteiger partial charge in [-0.2, -0.15) is 0 Å². The third-order valence-corrected chi connectivity index (χ3v) is 5.03. The van der Waals surface area contributed by atoms with Crippen LogP contribution in [0.3, 0.4) is 0 Å². The van der Waals surface area contributed by atoms with Gasteiger partial charge >= 0.3 is 0 Å². The van der Waals surface area contributed by atoms with Crippen molar-refractivity contribution >= 4 is 11.8 Å². The molecule has 2 N–H and O–H groups in total. The van der Waals surface area contributed by atoms with Crippen molar-refractivity contribution in [3.8, 4) is 11.1 Å². The summed E-state index contributed by atoms with van der Waals surface area (Å²) in [6, 6.07) is 18.0. The van der Waals surface area contributed by atoms with Crippen molar-refractivity contribution in [3.05, 3.63) is 60.2 Å². The number of nitrogens with zero attached hydrogens (tertiary/aromatic N) is 1. The van der Waals surface area contributed by atoms with Crippen LogP contribution < -0.4 is 5.73 Å². The van der Waals surface area contributed by atoms with E-state index in [9.17, 15) is 9.59 Å². The number of hydrogen-bond acceptors (Lipinski definition) is 4. The van der Waals surface area contributed by atoms with E-state index in [0.717, 1.165) is 16.7 Å². The van der Waals surface area contributed by atoms with Crippen LogP contribution in [-0.4, -0.2) is 55.7 Å². The van der Waals surface area contributed by atoms with E-state index >= 15 is 0 Å². The number of nitrogens with two attached hydrogens (primary N) is 1. The molecule has 3 rings (SSSR count). The van der Waals surface area contributed by atoms with Crippen LogP contribution in [-0.2, 0) is 25.5 Å². The van der Waals surface area contributed by atoms with Crippen molar-refractivity contribution in [2.45, 2.75) is 18.4 Å². The molecule has 0 aromatic heterocycles. The molecule has 2 aromatic rings. The maximum Gasteiger partial charge on any atom is 0.251 e. The molecule has 28 heavy (non-hydrogen) atoms. The van der Waals surface area contributed by atoms with Crippen molar-refractivity contribution in [2.24, 2.45) is 5.73 Å². The minimum Gasteiger partial charge on any atom is -0.384 e. The molecule has 0 radical (unpaired) electrons. The number of primary amides is 1. The van der Waals surface area contributed by atoms with Crippen LogP contribution in [0, 0.1) is 0 Å². The highest BCUT2D eigenvalue weighted by Crippen LogP contribution is 2.27. The minimum absolute atomic E-state index is 0.0613. The first-order valence-corrected chi connectivity index (χ1v) is 9.39. The molecule has 1 aliphatic rings. The van der Waals surface area contributed by atoms with E-state index in [4.69, 9.17) is 15.2 Å². The Morgan fingerprint density at radius 2 is 1.89 bits per heavy atom. The van der Waals surface area contributed by atoms with Gasteiger partial charge < -0.3 is 20.1 Å². The lowest BCUT2D eigenvalue weighted by atomic mass is 9.90. The van der Waals surface area contributed by atoms with Gasteiger partial charge in [0.25, 0.3) is 5.91 Å². The number of morpholine rings is 1. The van der Waals surface area contributed by atoms with E-state index in [1.165, 1.54) is 0 Å². The fourth-order valence-electron chi connectivity index (χ4n) is 3.51. The van der Waals surface area contributed by atoms with Gasteiger partial charge in [-0.25, -0.2) is 0 Å². The third-order valence-electron chi connectivity index (χ3n) is 5.03. The second-order valence-electron chi connectivity index (χ2n) is 7.01. The highest BCUT2D eigenvalue weighted by atomic mass is 16.5. The van der Waals surface area contributed by atoms with E-state index in [-0.39, 0.29) is 25.5 Å². The Hall–Kier alpha value is -2.70. The summed E-state index contributed by atoms with van der Waals surface area (Å²) in [6.07, 6.45) is 0.589. The first-order chi connectivity index (χ1) is 13.5. The van der Waals surface area contributed by atoms with Gasteiger partial charge in [-0.05, 0) is 16.7 Å². The Morgan fingerprint density at radius 3 is 2.61 bits per heavy atom. The topological polar surface area (TPSA) is 81.9 Å². The Labute approximate surface area is 165 Å². The molecule has 1 fully saturated rings. The molecule has 2 aromatic carbocycles. The van der Waals surface area contributed by atoms with Crippen LogP contribution in [0.2, 0.25) is 0 Å². The van der Waals surface area contributed by atoms with Crippen molar-refractivity contribution in [3.63, 3.8) is 0 Å². The van der Waals surface area contributed by atoms with Crippen LogP contribution in [0.1, 0.15) is 12.0 Å². The van der Waals surface area contributed by atoms with Crippen molar-refractivity contribution in [1.29, 1.82) is 0 Å². The van der Waals surface area contributed by atoms with Crippen LogP contribution in [0.5, 0.6) is 0 Å². The number of amides is 2. The van der Waals surface area contributed by atoms with Crippen molar-refractivity contribution in [1.82, 2.24) is 4.90 Å². The molecule has 0 spiro atoms. The van der Waals surface area contributed by atoms with Gasteiger partial charge in [0.15, 0.2) is 5.60 Å². The van der Waals surface area contributed by atoms with Crippen LogP contribution in [0.25, 0.3) is 11.1 Å². The van der Waals surface area contributed by atoms with Gasteiger partial charge in [-0.15, -0.1) is 0 Å². The SMILES string of the molecule is COCCC(=O)N1CCO[C@](Cc2cccc(-c3ccccc3)c2)(C(N)=O)C1. The molecule has 1 heterocycles.